The lowest BCUT2D eigenvalue weighted by molar-refractivity contribution is 0.127. The predicted molar refractivity (Wildman–Crippen MR) is 56.0 cm³/mol. The third-order valence-electron chi connectivity index (χ3n) is 2.70. The Kier molecular flexibility index (Phi) is 2.57. The Morgan fingerprint density at radius 3 is 2.86 bits per heavy atom. The van der Waals surface area contributed by atoms with Gasteiger partial charge < -0.3 is 10.5 Å². The summed E-state index contributed by atoms with van der Waals surface area (Å²) in [6.45, 7) is 3.07. The van der Waals surface area contributed by atoms with Crippen LogP contribution in [0.1, 0.15) is 19.8 Å². The van der Waals surface area contributed by atoms with Gasteiger partial charge in [-0.05, 0) is 30.7 Å². The first-order valence-electron chi connectivity index (χ1n) is 5.08. The van der Waals surface area contributed by atoms with Gasteiger partial charge in [-0.3, -0.25) is 0 Å². The number of rotatable bonds is 3. The smallest absolute Gasteiger partial charge is 0.213 e. The third kappa shape index (κ3) is 2.16. The number of pyridine rings is 1. The molecule has 2 rings (SSSR count). The van der Waals surface area contributed by atoms with Gasteiger partial charge in [-0.25, -0.2) is 4.98 Å². The van der Waals surface area contributed by atoms with Gasteiger partial charge in [-0.1, -0.05) is 6.92 Å². The van der Waals surface area contributed by atoms with Crippen LogP contribution >= 0.6 is 0 Å². The van der Waals surface area contributed by atoms with Crippen LogP contribution in [0.2, 0.25) is 0 Å². The van der Waals surface area contributed by atoms with Crippen molar-refractivity contribution < 1.29 is 4.74 Å². The van der Waals surface area contributed by atoms with E-state index in [1.54, 1.807) is 6.20 Å². The molecule has 0 bridgehead atoms. The van der Waals surface area contributed by atoms with Gasteiger partial charge in [0.2, 0.25) is 5.88 Å². The van der Waals surface area contributed by atoms with Gasteiger partial charge in [-0.15, -0.1) is 0 Å². The van der Waals surface area contributed by atoms with Crippen molar-refractivity contribution in [2.75, 3.05) is 12.3 Å². The molecule has 0 atom stereocenters. The first-order chi connectivity index (χ1) is 6.74. The fourth-order valence-electron chi connectivity index (χ4n) is 1.89. The Labute approximate surface area is 84.3 Å². The topological polar surface area (TPSA) is 48.1 Å². The standard InChI is InChI=1S/C11H16N2O/c1-8-4-9(5-8)7-14-11-3-2-10(12)6-13-11/h2-3,6,8-9H,4-5,7,12H2,1H3. The van der Waals surface area contributed by atoms with Crippen LogP contribution in [0, 0.1) is 11.8 Å². The maximum Gasteiger partial charge on any atom is 0.213 e. The van der Waals surface area contributed by atoms with Crippen molar-refractivity contribution in [3.05, 3.63) is 18.3 Å². The SMILES string of the molecule is CC1CC(COc2ccc(N)cn2)C1. The fraction of sp³-hybridized carbons (Fsp3) is 0.545. The van der Waals surface area contributed by atoms with Crippen molar-refractivity contribution in [1.29, 1.82) is 0 Å². The Morgan fingerprint density at radius 2 is 2.29 bits per heavy atom. The molecule has 0 spiro atoms. The van der Waals surface area contributed by atoms with Crippen molar-refractivity contribution >= 4 is 5.69 Å². The average Bonchev–Trinajstić information content (AvgIpc) is 2.13. The molecule has 1 aromatic heterocycles. The maximum atomic E-state index is 5.55. The van der Waals surface area contributed by atoms with Crippen LogP contribution in [0.25, 0.3) is 0 Å². The van der Waals surface area contributed by atoms with E-state index in [0.717, 1.165) is 18.4 Å². The Hall–Kier alpha value is -1.25. The number of nitrogens with two attached hydrogens (primary N) is 1. The van der Waals surface area contributed by atoms with E-state index in [1.807, 2.05) is 12.1 Å². The van der Waals surface area contributed by atoms with Crippen molar-refractivity contribution in [2.24, 2.45) is 11.8 Å². The van der Waals surface area contributed by atoms with E-state index in [4.69, 9.17) is 10.5 Å². The fourth-order valence-corrected chi connectivity index (χ4v) is 1.89. The second-order valence-corrected chi connectivity index (χ2v) is 4.18. The van der Waals surface area contributed by atoms with Gasteiger partial charge >= 0.3 is 0 Å². The molecular weight excluding hydrogens is 176 g/mol. The third-order valence-corrected chi connectivity index (χ3v) is 2.70. The highest BCUT2D eigenvalue weighted by atomic mass is 16.5. The molecule has 1 aliphatic rings. The molecule has 3 nitrogen and oxygen atoms in total. The van der Waals surface area contributed by atoms with E-state index in [0.29, 0.717) is 11.6 Å². The zero-order chi connectivity index (χ0) is 9.97. The maximum absolute atomic E-state index is 5.55. The highest BCUT2D eigenvalue weighted by Gasteiger charge is 2.25. The highest BCUT2D eigenvalue weighted by Crippen LogP contribution is 2.33. The van der Waals surface area contributed by atoms with E-state index >= 15 is 0 Å². The molecule has 1 aliphatic carbocycles. The first kappa shape index (κ1) is 9.31. The van der Waals surface area contributed by atoms with Crippen LogP contribution < -0.4 is 10.5 Å². The lowest BCUT2D eigenvalue weighted by Crippen LogP contribution is -2.26. The molecule has 0 saturated heterocycles. The van der Waals surface area contributed by atoms with Gasteiger partial charge in [-0.2, -0.15) is 0 Å². The number of hydrogen-bond donors (Lipinski definition) is 1. The number of aromatic nitrogens is 1. The number of hydrogen-bond acceptors (Lipinski definition) is 3. The predicted octanol–water partition coefficient (Wildman–Crippen LogP) is 2.09. The van der Waals surface area contributed by atoms with Gasteiger partial charge in [0.1, 0.15) is 0 Å². The minimum absolute atomic E-state index is 0.676. The van der Waals surface area contributed by atoms with Crippen molar-refractivity contribution in [1.82, 2.24) is 4.98 Å². The molecule has 1 aromatic rings. The van der Waals surface area contributed by atoms with Gasteiger partial charge in [0.15, 0.2) is 0 Å². The Morgan fingerprint density at radius 1 is 1.50 bits per heavy atom. The molecule has 0 radical (unpaired) electrons. The van der Waals surface area contributed by atoms with Crippen molar-refractivity contribution in [3.63, 3.8) is 0 Å². The van der Waals surface area contributed by atoms with E-state index in [-0.39, 0.29) is 0 Å². The molecule has 14 heavy (non-hydrogen) atoms. The normalized spacial score (nSPS) is 25.5. The summed E-state index contributed by atoms with van der Waals surface area (Å²) in [6, 6.07) is 3.63. The molecule has 76 valence electrons. The van der Waals surface area contributed by atoms with Gasteiger partial charge in [0.05, 0.1) is 18.5 Å². The van der Waals surface area contributed by atoms with Crippen LogP contribution in [-0.2, 0) is 0 Å². The summed E-state index contributed by atoms with van der Waals surface area (Å²) in [5.74, 6) is 2.28. The van der Waals surface area contributed by atoms with Crippen LogP contribution in [-0.4, -0.2) is 11.6 Å². The molecule has 1 saturated carbocycles. The zero-order valence-corrected chi connectivity index (χ0v) is 8.44. The molecule has 0 aromatic carbocycles. The second kappa shape index (κ2) is 3.86. The molecule has 3 heteroatoms. The van der Waals surface area contributed by atoms with Crippen LogP contribution in [0.4, 0.5) is 5.69 Å². The van der Waals surface area contributed by atoms with Crippen molar-refractivity contribution in [2.45, 2.75) is 19.8 Å². The molecule has 0 aliphatic heterocycles. The van der Waals surface area contributed by atoms with E-state index in [1.165, 1.54) is 12.8 Å². The van der Waals surface area contributed by atoms with Crippen LogP contribution in [0.15, 0.2) is 18.3 Å². The average molecular weight is 192 g/mol. The van der Waals surface area contributed by atoms with Crippen LogP contribution in [0.3, 0.4) is 0 Å². The first-order valence-corrected chi connectivity index (χ1v) is 5.08. The van der Waals surface area contributed by atoms with E-state index in [2.05, 4.69) is 11.9 Å². The summed E-state index contributed by atoms with van der Waals surface area (Å²) in [4.78, 5) is 4.08. The molecule has 0 amide bonds. The minimum Gasteiger partial charge on any atom is -0.477 e. The van der Waals surface area contributed by atoms with Gasteiger partial charge in [0, 0.05) is 6.07 Å². The summed E-state index contributed by atoms with van der Waals surface area (Å²) >= 11 is 0. The lowest BCUT2D eigenvalue weighted by Gasteiger charge is -2.32. The van der Waals surface area contributed by atoms with Crippen molar-refractivity contribution in [3.8, 4) is 5.88 Å². The summed E-state index contributed by atoms with van der Waals surface area (Å²) in [6.07, 6.45) is 4.20. The number of nitrogen functional groups attached to an aromatic ring is 1. The lowest BCUT2D eigenvalue weighted by atomic mass is 9.77. The monoisotopic (exact) mass is 192 g/mol. The largest absolute Gasteiger partial charge is 0.477 e. The van der Waals surface area contributed by atoms with E-state index in [9.17, 15) is 0 Å². The van der Waals surface area contributed by atoms with E-state index < -0.39 is 0 Å². The minimum atomic E-state index is 0.676. The highest BCUT2D eigenvalue weighted by molar-refractivity contribution is 5.35. The Bertz CT molecular complexity index is 291. The number of ether oxygens (including phenoxy) is 1. The molecule has 0 unspecified atom stereocenters. The van der Waals surface area contributed by atoms with Crippen LogP contribution in [0.5, 0.6) is 5.88 Å². The number of anilines is 1. The second-order valence-electron chi connectivity index (χ2n) is 4.18. The molecule has 2 N–H and O–H groups in total. The molecular formula is C11H16N2O. The Balaban J connectivity index is 1.78. The quantitative estimate of drug-likeness (QED) is 0.797. The summed E-state index contributed by atoms with van der Waals surface area (Å²) in [5.41, 5.74) is 6.20. The number of nitrogens with zero attached hydrogens (tertiary/aromatic N) is 1. The summed E-state index contributed by atoms with van der Waals surface area (Å²) < 4.78 is 5.55. The molecule has 1 heterocycles. The summed E-state index contributed by atoms with van der Waals surface area (Å²) in [5, 5.41) is 0. The van der Waals surface area contributed by atoms with Gasteiger partial charge in [0.25, 0.3) is 0 Å². The molecule has 1 fully saturated rings. The zero-order valence-electron chi connectivity index (χ0n) is 8.44. The summed E-state index contributed by atoms with van der Waals surface area (Å²) in [7, 11) is 0.